The van der Waals surface area contributed by atoms with E-state index < -0.39 is 0 Å². The van der Waals surface area contributed by atoms with Gasteiger partial charge in [0.1, 0.15) is 5.82 Å². The Balaban J connectivity index is 1.88. The molecule has 1 aromatic carbocycles. The number of nitrogens with zero attached hydrogens (tertiary/aromatic N) is 5. The molecule has 30 heavy (non-hydrogen) atoms. The zero-order valence-electron chi connectivity index (χ0n) is 17.4. The second-order valence-electron chi connectivity index (χ2n) is 8.06. The minimum Gasteiger partial charge on any atom is -0.317 e. The Labute approximate surface area is 184 Å². The summed E-state index contributed by atoms with van der Waals surface area (Å²) in [4.78, 5) is 32.6. The average Bonchev–Trinajstić information content (AvgIpc) is 3.07. The molecule has 0 bridgehead atoms. The van der Waals surface area contributed by atoms with Crippen LogP contribution in [0.2, 0.25) is 10.0 Å². The van der Waals surface area contributed by atoms with Crippen molar-refractivity contribution in [1.82, 2.24) is 23.6 Å². The molecule has 0 amide bonds. The first kappa shape index (κ1) is 21.2. The number of piperidine rings is 1. The van der Waals surface area contributed by atoms with E-state index in [1.165, 1.54) is 18.0 Å². The van der Waals surface area contributed by atoms with Crippen LogP contribution in [-0.2, 0) is 27.2 Å². The van der Waals surface area contributed by atoms with Gasteiger partial charge in [0.25, 0.3) is 5.56 Å². The highest BCUT2D eigenvalue weighted by atomic mass is 35.5. The molecule has 1 atom stereocenters. The summed E-state index contributed by atoms with van der Waals surface area (Å²) >= 11 is 12.3. The minimum atomic E-state index is -0.385. The van der Waals surface area contributed by atoms with E-state index in [1.807, 2.05) is 10.6 Å². The van der Waals surface area contributed by atoms with E-state index in [0.717, 1.165) is 35.3 Å². The molecule has 7 nitrogen and oxygen atoms in total. The first-order valence-electron chi connectivity index (χ1n) is 10.1. The number of imidazole rings is 1. The standard InChI is InChI=1S/C21H25Cl2N5O2/c1-13-6-4-5-9-27(13)12-17-24-19-18(20(29)26(3)21(30)25(19)2)28(17)11-14-7-8-15(22)16(23)10-14/h7-8,10,13H,4-6,9,11-12H2,1-3H3/t13-/m1/s1. The molecule has 160 valence electrons. The van der Waals surface area contributed by atoms with E-state index in [1.54, 1.807) is 19.2 Å². The largest absolute Gasteiger partial charge is 0.332 e. The third-order valence-corrected chi connectivity index (χ3v) is 6.78. The predicted molar refractivity (Wildman–Crippen MR) is 120 cm³/mol. The lowest BCUT2D eigenvalue weighted by Gasteiger charge is -2.33. The van der Waals surface area contributed by atoms with Crippen molar-refractivity contribution < 1.29 is 0 Å². The Kier molecular flexibility index (Phi) is 5.79. The predicted octanol–water partition coefficient (Wildman–Crippen LogP) is 3.16. The normalized spacial score (nSPS) is 17.7. The first-order chi connectivity index (χ1) is 14.3. The third-order valence-electron chi connectivity index (χ3n) is 6.04. The molecule has 2 aromatic heterocycles. The monoisotopic (exact) mass is 449 g/mol. The van der Waals surface area contributed by atoms with Crippen molar-refractivity contribution in [3.8, 4) is 0 Å². The highest BCUT2D eigenvalue weighted by molar-refractivity contribution is 6.42. The lowest BCUT2D eigenvalue weighted by molar-refractivity contribution is 0.147. The van der Waals surface area contributed by atoms with E-state index in [9.17, 15) is 9.59 Å². The van der Waals surface area contributed by atoms with Gasteiger partial charge in [-0.15, -0.1) is 0 Å². The Bertz CT molecular complexity index is 1230. The number of benzene rings is 1. The van der Waals surface area contributed by atoms with Gasteiger partial charge in [-0.25, -0.2) is 9.78 Å². The molecule has 1 fully saturated rings. The van der Waals surface area contributed by atoms with Crippen molar-refractivity contribution in [2.45, 2.75) is 45.3 Å². The van der Waals surface area contributed by atoms with Crippen molar-refractivity contribution >= 4 is 34.4 Å². The van der Waals surface area contributed by atoms with Crippen molar-refractivity contribution in [3.63, 3.8) is 0 Å². The summed E-state index contributed by atoms with van der Waals surface area (Å²) in [6.45, 7) is 4.25. The van der Waals surface area contributed by atoms with Crippen LogP contribution < -0.4 is 11.2 Å². The Morgan fingerprint density at radius 2 is 1.83 bits per heavy atom. The van der Waals surface area contributed by atoms with Crippen molar-refractivity contribution in [1.29, 1.82) is 0 Å². The summed E-state index contributed by atoms with van der Waals surface area (Å²) in [7, 11) is 3.14. The Morgan fingerprint density at radius 3 is 2.53 bits per heavy atom. The molecule has 3 heterocycles. The quantitative estimate of drug-likeness (QED) is 0.613. The second kappa shape index (κ2) is 8.21. The van der Waals surface area contributed by atoms with Crippen LogP contribution in [0.25, 0.3) is 11.2 Å². The molecule has 3 aromatic rings. The maximum atomic E-state index is 13.0. The fraction of sp³-hybridized carbons (Fsp3) is 0.476. The summed E-state index contributed by atoms with van der Waals surface area (Å²) < 4.78 is 4.48. The Hall–Kier alpha value is -2.09. The molecule has 1 aliphatic heterocycles. The zero-order valence-corrected chi connectivity index (χ0v) is 18.9. The molecule has 4 rings (SSSR count). The molecule has 9 heteroatoms. The van der Waals surface area contributed by atoms with Crippen LogP contribution in [0.4, 0.5) is 0 Å². The minimum absolute atomic E-state index is 0.349. The van der Waals surface area contributed by atoms with E-state index >= 15 is 0 Å². The third kappa shape index (κ3) is 3.70. The van der Waals surface area contributed by atoms with Gasteiger partial charge in [-0.2, -0.15) is 0 Å². The van der Waals surface area contributed by atoms with Crippen LogP contribution in [0.1, 0.15) is 37.6 Å². The highest BCUT2D eigenvalue weighted by Crippen LogP contribution is 2.25. The van der Waals surface area contributed by atoms with Crippen LogP contribution in [0, 0.1) is 0 Å². The molecule has 0 radical (unpaired) electrons. The molecule has 0 N–H and O–H groups in total. The Morgan fingerprint density at radius 1 is 1.07 bits per heavy atom. The molecular formula is C21H25Cl2N5O2. The van der Waals surface area contributed by atoms with Crippen LogP contribution in [0.3, 0.4) is 0 Å². The van der Waals surface area contributed by atoms with Crippen LogP contribution >= 0.6 is 23.2 Å². The molecule has 0 aliphatic carbocycles. The fourth-order valence-corrected chi connectivity index (χ4v) is 4.50. The molecular weight excluding hydrogens is 425 g/mol. The van der Waals surface area contributed by atoms with Crippen LogP contribution in [0.15, 0.2) is 27.8 Å². The van der Waals surface area contributed by atoms with Crippen molar-refractivity contribution in [2.24, 2.45) is 14.1 Å². The molecule has 0 unspecified atom stereocenters. The second-order valence-corrected chi connectivity index (χ2v) is 8.87. The van der Waals surface area contributed by atoms with Gasteiger partial charge in [0.05, 0.1) is 16.6 Å². The van der Waals surface area contributed by atoms with Gasteiger partial charge in [0.2, 0.25) is 0 Å². The van der Waals surface area contributed by atoms with Gasteiger partial charge in [0.15, 0.2) is 11.2 Å². The summed E-state index contributed by atoms with van der Waals surface area (Å²) in [6.07, 6.45) is 3.53. The number of fused-ring (bicyclic) bond motifs is 1. The van der Waals surface area contributed by atoms with Crippen molar-refractivity contribution in [2.75, 3.05) is 6.54 Å². The average molecular weight is 450 g/mol. The van der Waals surface area contributed by atoms with Crippen LogP contribution in [0.5, 0.6) is 0 Å². The summed E-state index contributed by atoms with van der Waals surface area (Å²) in [5, 5.41) is 0.946. The molecule has 0 spiro atoms. The van der Waals surface area contributed by atoms with Gasteiger partial charge in [-0.05, 0) is 44.0 Å². The molecule has 1 aliphatic rings. The smallest absolute Gasteiger partial charge is 0.317 e. The van der Waals surface area contributed by atoms with E-state index in [4.69, 9.17) is 28.2 Å². The fourth-order valence-electron chi connectivity index (χ4n) is 4.18. The van der Waals surface area contributed by atoms with E-state index in [-0.39, 0.29) is 11.2 Å². The highest BCUT2D eigenvalue weighted by Gasteiger charge is 2.24. The number of aromatic nitrogens is 4. The van der Waals surface area contributed by atoms with E-state index in [2.05, 4.69) is 11.8 Å². The number of hydrogen-bond acceptors (Lipinski definition) is 4. The van der Waals surface area contributed by atoms with Gasteiger partial charge in [-0.1, -0.05) is 35.7 Å². The summed E-state index contributed by atoms with van der Waals surface area (Å²) in [6, 6.07) is 5.89. The lowest BCUT2D eigenvalue weighted by atomic mass is 10.0. The maximum absolute atomic E-state index is 13.0. The zero-order chi connectivity index (χ0) is 21.6. The number of hydrogen-bond donors (Lipinski definition) is 0. The van der Waals surface area contributed by atoms with Gasteiger partial charge in [-0.3, -0.25) is 18.8 Å². The maximum Gasteiger partial charge on any atom is 0.332 e. The first-order valence-corrected chi connectivity index (χ1v) is 10.9. The van der Waals surface area contributed by atoms with E-state index in [0.29, 0.717) is 40.3 Å². The topological polar surface area (TPSA) is 65.1 Å². The lowest BCUT2D eigenvalue weighted by Crippen LogP contribution is -2.38. The molecule has 1 saturated heterocycles. The van der Waals surface area contributed by atoms with Crippen molar-refractivity contribution in [3.05, 3.63) is 60.5 Å². The van der Waals surface area contributed by atoms with Gasteiger partial charge >= 0.3 is 5.69 Å². The summed E-state index contributed by atoms with van der Waals surface area (Å²) in [5.74, 6) is 0.767. The summed E-state index contributed by atoms with van der Waals surface area (Å²) in [5.41, 5.74) is 1.00. The number of aryl methyl sites for hydroxylation is 1. The van der Waals surface area contributed by atoms with Crippen LogP contribution in [-0.4, -0.2) is 36.2 Å². The van der Waals surface area contributed by atoms with Gasteiger partial charge < -0.3 is 4.57 Å². The number of likely N-dealkylation sites (tertiary alicyclic amines) is 1. The molecule has 0 saturated carbocycles. The number of halogens is 2. The number of rotatable bonds is 4. The van der Waals surface area contributed by atoms with Gasteiger partial charge in [0, 0.05) is 26.7 Å². The SMILES string of the molecule is C[C@@H]1CCCCN1Cc1nc2c(c(=O)n(C)c(=O)n2C)n1Cc1ccc(Cl)c(Cl)c1.